The standard InChI is InChI=1S/C19H22ClFN2O2S/c20-17-8-9-19(18(21)11-17)26(24,25)22-12-16-7-4-10-23(14-16)13-15-5-2-1-3-6-15/h1-3,5-6,8-9,11,16,22H,4,7,10,12-14H2. The lowest BCUT2D eigenvalue weighted by Crippen LogP contribution is -2.40. The topological polar surface area (TPSA) is 49.4 Å². The Labute approximate surface area is 159 Å². The highest BCUT2D eigenvalue weighted by Crippen LogP contribution is 2.21. The van der Waals surface area contributed by atoms with E-state index in [9.17, 15) is 12.8 Å². The molecule has 7 heteroatoms. The van der Waals surface area contributed by atoms with Crippen LogP contribution in [0.15, 0.2) is 53.4 Å². The average Bonchev–Trinajstić information content (AvgIpc) is 2.61. The summed E-state index contributed by atoms with van der Waals surface area (Å²) in [5.74, 6) is -0.628. The lowest BCUT2D eigenvalue weighted by atomic mass is 9.98. The van der Waals surface area contributed by atoms with Crippen molar-refractivity contribution < 1.29 is 12.8 Å². The van der Waals surface area contributed by atoms with Crippen molar-refractivity contribution in [3.8, 4) is 0 Å². The van der Waals surface area contributed by atoms with Gasteiger partial charge in [-0.3, -0.25) is 4.90 Å². The molecule has 1 aliphatic heterocycles. The van der Waals surface area contributed by atoms with Gasteiger partial charge >= 0.3 is 0 Å². The largest absolute Gasteiger partial charge is 0.299 e. The molecular formula is C19H22ClFN2O2S. The number of hydrogen-bond acceptors (Lipinski definition) is 3. The smallest absolute Gasteiger partial charge is 0.243 e. The van der Waals surface area contributed by atoms with Crippen LogP contribution in [0.1, 0.15) is 18.4 Å². The van der Waals surface area contributed by atoms with Crippen molar-refractivity contribution >= 4 is 21.6 Å². The lowest BCUT2D eigenvalue weighted by Gasteiger charge is -2.32. The van der Waals surface area contributed by atoms with E-state index in [1.807, 2.05) is 18.2 Å². The molecule has 1 fully saturated rings. The summed E-state index contributed by atoms with van der Waals surface area (Å²) in [7, 11) is -3.89. The van der Waals surface area contributed by atoms with E-state index in [0.29, 0.717) is 6.54 Å². The maximum absolute atomic E-state index is 13.9. The predicted octanol–water partition coefficient (Wildman–Crippen LogP) is 3.67. The molecule has 0 spiro atoms. The molecule has 0 radical (unpaired) electrons. The maximum atomic E-state index is 13.9. The summed E-state index contributed by atoms with van der Waals surface area (Å²) in [5.41, 5.74) is 1.25. The Hall–Kier alpha value is -1.47. The second-order valence-electron chi connectivity index (χ2n) is 6.66. The Morgan fingerprint density at radius 2 is 1.96 bits per heavy atom. The van der Waals surface area contributed by atoms with E-state index in [4.69, 9.17) is 11.6 Å². The van der Waals surface area contributed by atoms with E-state index >= 15 is 0 Å². The predicted molar refractivity (Wildman–Crippen MR) is 101 cm³/mol. The molecule has 2 aromatic rings. The fourth-order valence-electron chi connectivity index (χ4n) is 3.30. The maximum Gasteiger partial charge on any atom is 0.243 e. The first-order chi connectivity index (χ1) is 12.4. The van der Waals surface area contributed by atoms with Crippen molar-refractivity contribution in [3.63, 3.8) is 0 Å². The van der Waals surface area contributed by atoms with Gasteiger partial charge in [-0.15, -0.1) is 0 Å². The summed E-state index contributed by atoms with van der Waals surface area (Å²) in [6, 6.07) is 13.8. The van der Waals surface area contributed by atoms with Gasteiger partial charge in [-0.25, -0.2) is 17.5 Å². The highest BCUT2D eigenvalue weighted by atomic mass is 35.5. The zero-order valence-electron chi connectivity index (χ0n) is 14.4. The van der Waals surface area contributed by atoms with Crippen LogP contribution in [0.4, 0.5) is 4.39 Å². The highest BCUT2D eigenvalue weighted by molar-refractivity contribution is 7.89. The number of rotatable bonds is 6. The molecule has 4 nitrogen and oxygen atoms in total. The van der Waals surface area contributed by atoms with Crippen LogP contribution >= 0.6 is 11.6 Å². The van der Waals surface area contributed by atoms with Crippen LogP contribution in [0.5, 0.6) is 0 Å². The summed E-state index contributed by atoms with van der Waals surface area (Å²) in [6.07, 6.45) is 1.98. The Bertz CT molecular complexity index is 846. The van der Waals surface area contributed by atoms with E-state index in [1.54, 1.807) is 0 Å². The summed E-state index contributed by atoms with van der Waals surface area (Å²) >= 11 is 5.69. The van der Waals surface area contributed by atoms with E-state index in [0.717, 1.165) is 38.5 Å². The third-order valence-electron chi connectivity index (χ3n) is 4.60. The van der Waals surface area contributed by atoms with Crippen LogP contribution in [0.3, 0.4) is 0 Å². The van der Waals surface area contributed by atoms with Gasteiger partial charge in [-0.05, 0) is 49.1 Å². The molecule has 0 aliphatic carbocycles. The number of nitrogens with one attached hydrogen (secondary N) is 1. The summed E-state index contributed by atoms with van der Waals surface area (Å²) in [6.45, 7) is 2.98. The molecule has 26 heavy (non-hydrogen) atoms. The van der Waals surface area contributed by atoms with Crippen LogP contribution in [0.25, 0.3) is 0 Å². The number of hydrogen-bond donors (Lipinski definition) is 1. The molecule has 1 atom stereocenters. The van der Waals surface area contributed by atoms with Crippen LogP contribution in [-0.2, 0) is 16.6 Å². The fraction of sp³-hybridized carbons (Fsp3) is 0.368. The number of benzene rings is 2. The molecule has 0 saturated carbocycles. The van der Waals surface area contributed by atoms with Crippen LogP contribution in [0, 0.1) is 11.7 Å². The average molecular weight is 397 g/mol. The van der Waals surface area contributed by atoms with E-state index in [2.05, 4.69) is 21.8 Å². The van der Waals surface area contributed by atoms with Crippen molar-refractivity contribution in [2.24, 2.45) is 5.92 Å². The molecular weight excluding hydrogens is 375 g/mol. The van der Waals surface area contributed by atoms with Crippen molar-refractivity contribution in [2.45, 2.75) is 24.3 Å². The van der Waals surface area contributed by atoms with Gasteiger partial charge in [0.15, 0.2) is 0 Å². The first kappa shape index (κ1) is 19.3. The minimum atomic E-state index is -3.89. The number of piperidine rings is 1. The molecule has 140 valence electrons. The van der Waals surface area contributed by atoms with Crippen molar-refractivity contribution in [1.29, 1.82) is 0 Å². The van der Waals surface area contributed by atoms with E-state index in [1.165, 1.54) is 17.7 Å². The Kier molecular flexibility index (Phi) is 6.29. The molecule has 1 heterocycles. The van der Waals surface area contributed by atoms with Crippen LogP contribution < -0.4 is 4.72 Å². The lowest BCUT2D eigenvalue weighted by molar-refractivity contribution is 0.169. The SMILES string of the molecule is O=S(=O)(NCC1CCCN(Cc2ccccc2)C1)c1ccc(Cl)cc1F. The second kappa shape index (κ2) is 8.48. The van der Waals surface area contributed by atoms with Gasteiger partial charge < -0.3 is 0 Å². The zero-order valence-corrected chi connectivity index (χ0v) is 15.9. The van der Waals surface area contributed by atoms with Gasteiger partial charge in [0.05, 0.1) is 0 Å². The third kappa shape index (κ3) is 5.04. The third-order valence-corrected chi connectivity index (χ3v) is 6.29. The summed E-state index contributed by atoms with van der Waals surface area (Å²) < 4.78 is 41.2. The number of sulfonamides is 1. The minimum absolute atomic E-state index is 0.172. The van der Waals surface area contributed by atoms with Gasteiger partial charge in [0.1, 0.15) is 10.7 Å². The first-order valence-corrected chi connectivity index (χ1v) is 10.5. The second-order valence-corrected chi connectivity index (χ2v) is 8.83. The monoisotopic (exact) mass is 396 g/mol. The van der Waals surface area contributed by atoms with Crippen molar-refractivity contribution in [3.05, 3.63) is 64.9 Å². The van der Waals surface area contributed by atoms with E-state index in [-0.39, 0.29) is 15.8 Å². The van der Waals surface area contributed by atoms with Crippen molar-refractivity contribution in [1.82, 2.24) is 9.62 Å². The molecule has 1 unspecified atom stereocenters. The van der Waals surface area contributed by atoms with Crippen LogP contribution in [-0.4, -0.2) is 33.0 Å². The van der Waals surface area contributed by atoms with Gasteiger partial charge in [-0.2, -0.15) is 0 Å². The first-order valence-electron chi connectivity index (χ1n) is 8.65. The Balaban J connectivity index is 1.58. The number of halogens is 2. The molecule has 0 amide bonds. The quantitative estimate of drug-likeness (QED) is 0.810. The Morgan fingerprint density at radius 1 is 1.19 bits per heavy atom. The van der Waals surface area contributed by atoms with E-state index < -0.39 is 15.8 Å². The van der Waals surface area contributed by atoms with Crippen LogP contribution in [0.2, 0.25) is 5.02 Å². The van der Waals surface area contributed by atoms with Gasteiger partial charge in [0, 0.05) is 24.7 Å². The zero-order chi connectivity index (χ0) is 18.6. The molecule has 1 aliphatic rings. The molecule has 1 saturated heterocycles. The summed E-state index contributed by atoms with van der Waals surface area (Å²) in [4.78, 5) is 1.97. The Morgan fingerprint density at radius 3 is 2.69 bits per heavy atom. The summed E-state index contributed by atoms with van der Waals surface area (Å²) in [5, 5.41) is 0.172. The molecule has 1 N–H and O–H groups in total. The van der Waals surface area contributed by atoms with Gasteiger partial charge in [0.2, 0.25) is 10.0 Å². The minimum Gasteiger partial charge on any atom is -0.299 e. The van der Waals surface area contributed by atoms with Crippen molar-refractivity contribution in [2.75, 3.05) is 19.6 Å². The molecule has 0 aromatic heterocycles. The molecule has 0 bridgehead atoms. The van der Waals surface area contributed by atoms with Gasteiger partial charge in [-0.1, -0.05) is 41.9 Å². The van der Waals surface area contributed by atoms with Gasteiger partial charge in [0.25, 0.3) is 0 Å². The normalized spacial score (nSPS) is 18.8. The molecule has 3 rings (SSSR count). The fourth-order valence-corrected chi connectivity index (χ4v) is 4.63. The molecule has 2 aromatic carbocycles. The number of nitrogens with zero attached hydrogens (tertiary/aromatic N) is 1. The number of likely N-dealkylation sites (tertiary alicyclic amines) is 1. The highest BCUT2D eigenvalue weighted by Gasteiger charge is 2.24.